The van der Waals surface area contributed by atoms with Gasteiger partial charge < -0.3 is 15.2 Å². The molecule has 14 heavy (non-hydrogen) atoms. The van der Waals surface area contributed by atoms with E-state index in [2.05, 4.69) is 4.74 Å². The summed E-state index contributed by atoms with van der Waals surface area (Å²) in [5, 5.41) is 0. The molecule has 0 radical (unpaired) electrons. The highest BCUT2D eigenvalue weighted by Gasteiger charge is 2.50. The summed E-state index contributed by atoms with van der Waals surface area (Å²) >= 11 is 0. The minimum absolute atomic E-state index is 0.117. The highest BCUT2D eigenvalue weighted by molar-refractivity contribution is 4.90. The molecule has 6 heteroatoms. The van der Waals surface area contributed by atoms with Crippen molar-refractivity contribution < 1.29 is 22.6 Å². The van der Waals surface area contributed by atoms with Crippen molar-refractivity contribution in [2.45, 2.75) is 25.1 Å². The van der Waals surface area contributed by atoms with Crippen LogP contribution in [0, 0.1) is 0 Å². The molecular formula is C8H16F3NO2. The quantitative estimate of drug-likeness (QED) is 0.679. The topological polar surface area (TPSA) is 44.5 Å². The van der Waals surface area contributed by atoms with E-state index < -0.39 is 18.3 Å². The third kappa shape index (κ3) is 3.81. The maximum absolute atomic E-state index is 12.4. The number of rotatable bonds is 6. The molecule has 0 spiro atoms. The van der Waals surface area contributed by atoms with E-state index >= 15 is 0 Å². The van der Waals surface area contributed by atoms with Crippen LogP contribution >= 0.6 is 0 Å². The van der Waals surface area contributed by atoms with Gasteiger partial charge in [-0.15, -0.1) is 0 Å². The molecule has 0 aromatic heterocycles. The number of halogens is 3. The number of ether oxygens (including phenoxy) is 2. The lowest BCUT2D eigenvalue weighted by Crippen LogP contribution is -2.56. The van der Waals surface area contributed by atoms with Crippen molar-refractivity contribution in [3.8, 4) is 0 Å². The molecule has 0 saturated heterocycles. The van der Waals surface area contributed by atoms with Gasteiger partial charge in [0.15, 0.2) is 0 Å². The van der Waals surface area contributed by atoms with Crippen LogP contribution in [0.4, 0.5) is 13.2 Å². The van der Waals surface area contributed by atoms with E-state index in [-0.39, 0.29) is 19.6 Å². The first kappa shape index (κ1) is 13.7. The van der Waals surface area contributed by atoms with Gasteiger partial charge in [0.2, 0.25) is 0 Å². The fourth-order valence-corrected chi connectivity index (χ4v) is 0.781. The van der Waals surface area contributed by atoms with Crippen LogP contribution in [0.3, 0.4) is 0 Å². The smallest absolute Gasteiger partial charge is 0.382 e. The van der Waals surface area contributed by atoms with Gasteiger partial charge in [-0.2, -0.15) is 13.2 Å². The molecule has 86 valence electrons. The first-order chi connectivity index (χ1) is 6.37. The molecule has 0 heterocycles. The lowest BCUT2D eigenvalue weighted by atomic mass is 9.98. The van der Waals surface area contributed by atoms with Gasteiger partial charge in [-0.05, 0) is 6.42 Å². The van der Waals surface area contributed by atoms with Crippen LogP contribution in [0.25, 0.3) is 0 Å². The Morgan fingerprint density at radius 3 is 2.14 bits per heavy atom. The summed E-state index contributed by atoms with van der Waals surface area (Å²) in [4.78, 5) is 0. The maximum atomic E-state index is 12.4. The molecule has 1 atom stereocenters. The fourth-order valence-electron chi connectivity index (χ4n) is 0.781. The van der Waals surface area contributed by atoms with Gasteiger partial charge in [-0.1, -0.05) is 6.92 Å². The summed E-state index contributed by atoms with van der Waals surface area (Å²) in [5.74, 6) is 0. The van der Waals surface area contributed by atoms with Crippen molar-refractivity contribution in [1.29, 1.82) is 0 Å². The lowest BCUT2D eigenvalue weighted by Gasteiger charge is -2.30. The number of nitrogens with two attached hydrogens (primary N) is 1. The number of hydrogen-bond acceptors (Lipinski definition) is 3. The van der Waals surface area contributed by atoms with Crippen LogP contribution in [0.1, 0.15) is 13.3 Å². The van der Waals surface area contributed by atoms with Crippen molar-refractivity contribution in [3.05, 3.63) is 0 Å². The Kier molecular flexibility index (Phi) is 5.40. The van der Waals surface area contributed by atoms with E-state index in [1.165, 1.54) is 14.0 Å². The van der Waals surface area contributed by atoms with E-state index in [0.717, 1.165) is 0 Å². The van der Waals surface area contributed by atoms with Crippen LogP contribution in [-0.2, 0) is 9.47 Å². The second-order valence-electron chi connectivity index (χ2n) is 3.05. The van der Waals surface area contributed by atoms with Crippen LogP contribution < -0.4 is 5.73 Å². The lowest BCUT2D eigenvalue weighted by molar-refractivity contribution is -0.201. The Labute approximate surface area is 81.4 Å². The summed E-state index contributed by atoms with van der Waals surface area (Å²) in [6.45, 7) is 1.23. The molecule has 0 fully saturated rings. The van der Waals surface area contributed by atoms with E-state index in [4.69, 9.17) is 10.5 Å². The molecule has 0 bridgehead atoms. The summed E-state index contributed by atoms with van der Waals surface area (Å²) in [6.07, 6.45) is -4.64. The predicted octanol–water partition coefficient (Wildman–Crippen LogP) is 1.32. The SMILES string of the molecule is CCC(N)(COCCOC)C(F)(F)F. The zero-order valence-electron chi connectivity index (χ0n) is 8.36. The third-order valence-corrected chi connectivity index (χ3v) is 1.99. The molecule has 0 aliphatic heterocycles. The summed E-state index contributed by atoms with van der Waals surface area (Å²) < 4.78 is 46.5. The van der Waals surface area contributed by atoms with Crippen LogP contribution in [0.15, 0.2) is 0 Å². The Bertz CT molecular complexity index is 163. The molecule has 2 N–H and O–H groups in total. The number of methoxy groups -OCH3 is 1. The Hall–Kier alpha value is -0.330. The summed E-state index contributed by atoms with van der Waals surface area (Å²) in [6, 6.07) is 0. The van der Waals surface area contributed by atoms with E-state index in [1.54, 1.807) is 0 Å². The molecule has 0 rings (SSSR count). The molecule has 0 amide bonds. The average molecular weight is 215 g/mol. The normalized spacial score (nSPS) is 16.7. The van der Waals surface area contributed by atoms with Gasteiger partial charge in [0.05, 0.1) is 19.8 Å². The molecule has 3 nitrogen and oxygen atoms in total. The minimum Gasteiger partial charge on any atom is -0.382 e. The molecule has 0 aliphatic carbocycles. The zero-order chi connectivity index (χ0) is 11.2. The highest BCUT2D eigenvalue weighted by Crippen LogP contribution is 2.30. The average Bonchev–Trinajstić information content (AvgIpc) is 2.10. The third-order valence-electron chi connectivity index (χ3n) is 1.99. The minimum atomic E-state index is -4.44. The maximum Gasteiger partial charge on any atom is 0.408 e. The van der Waals surface area contributed by atoms with Crippen LogP contribution in [-0.4, -0.2) is 38.6 Å². The second kappa shape index (κ2) is 5.53. The largest absolute Gasteiger partial charge is 0.408 e. The van der Waals surface area contributed by atoms with Gasteiger partial charge >= 0.3 is 6.18 Å². The van der Waals surface area contributed by atoms with Crippen molar-refractivity contribution in [3.63, 3.8) is 0 Å². The predicted molar refractivity (Wildman–Crippen MR) is 46.0 cm³/mol. The van der Waals surface area contributed by atoms with Gasteiger partial charge in [0, 0.05) is 7.11 Å². The Morgan fingerprint density at radius 2 is 1.79 bits per heavy atom. The number of alkyl halides is 3. The molecule has 0 saturated carbocycles. The van der Waals surface area contributed by atoms with E-state index in [9.17, 15) is 13.2 Å². The molecule has 0 aliphatic rings. The molecule has 0 aromatic rings. The molecular weight excluding hydrogens is 199 g/mol. The van der Waals surface area contributed by atoms with Crippen molar-refractivity contribution in [1.82, 2.24) is 0 Å². The second-order valence-corrected chi connectivity index (χ2v) is 3.05. The van der Waals surface area contributed by atoms with Gasteiger partial charge in [0.25, 0.3) is 0 Å². The first-order valence-electron chi connectivity index (χ1n) is 4.29. The van der Waals surface area contributed by atoms with Crippen molar-refractivity contribution in [2.24, 2.45) is 5.73 Å². The molecule has 1 unspecified atom stereocenters. The Morgan fingerprint density at radius 1 is 1.21 bits per heavy atom. The van der Waals surface area contributed by atoms with E-state index in [1.807, 2.05) is 0 Å². The molecule has 0 aromatic carbocycles. The van der Waals surface area contributed by atoms with Crippen LogP contribution in [0.5, 0.6) is 0 Å². The van der Waals surface area contributed by atoms with E-state index in [0.29, 0.717) is 0 Å². The van der Waals surface area contributed by atoms with Crippen molar-refractivity contribution >= 4 is 0 Å². The highest BCUT2D eigenvalue weighted by atomic mass is 19.4. The summed E-state index contributed by atoms with van der Waals surface area (Å²) in [5.41, 5.74) is 2.92. The van der Waals surface area contributed by atoms with Crippen molar-refractivity contribution in [2.75, 3.05) is 26.9 Å². The van der Waals surface area contributed by atoms with Crippen LogP contribution in [0.2, 0.25) is 0 Å². The van der Waals surface area contributed by atoms with Gasteiger partial charge in [-0.3, -0.25) is 0 Å². The monoisotopic (exact) mass is 215 g/mol. The first-order valence-corrected chi connectivity index (χ1v) is 4.29. The Balaban J connectivity index is 4.01. The van der Waals surface area contributed by atoms with Gasteiger partial charge in [-0.25, -0.2) is 0 Å². The summed E-state index contributed by atoms with van der Waals surface area (Å²) in [7, 11) is 1.45. The fraction of sp³-hybridized carbons (Fsp3) is 1.00. The zero-order valence-corrected chi connectivity index (χ0v) is 8.36. The van der Waals surface area contributed by atoms with Gasteiger partial charge in [0.1, 0.15) is 5.54 Å². The number of hydrogen-bond donors (Lipinski definition) is 1. The standard InChI is InChI=1S/C8H16F3NO2/c1-3-7(12,8(9,10)11)6-14-5-4-13-2/h3-6,12H2,1-2H3.